The van der Waals surface area contributed by atoms with Gasteiger partial charge in [-0.3, -0.25) is 0 Å². The molecular weight excluding hydrogens is 332 g/mol. The smallest absolute Gasteiger partial charge is 0.427 e. The molecule has 0 aromatic carbocycles. The number of carbonyl (C=O) groups excluding carboxylic acids is 1. The highest BCUT2D eigenvalue weighted by molar-refractivity contribution is 6.33. The van der Waals surface area contributed by atoms with Gasteiger partial charge in [-0.15, -0.1) is 0 Å². The highest BCUT2D eigenvalue weighted by atomic mass is 35.5. The molecule has 132 valence electrons. The second kappa shape index (κ2) is 6.94. The number of pyridine rings is 1. The fourth-order valence-corrected chi connectivity index (χ4v) is 2.54. The van der Waals surface area contributed by atoms with Gasteiger partial charge < -0.3 is 9.47 Å². The monoisotopic (exact) mass is 354 g/mol. The number of amides is 1. The standard InChI is InChI=1S/C16H23ClN4O3/c1-9-10(2)18-14(17)12-13(9)21(11(19-12)7-8-23-6)20-15(22)24-16(3,4)5/h7-8H2,1-6H3,(H,20,22). The zero-order valence-electron chi connectivity index (χ0n) is 14.9. The molecule has 0 aliphatic carbocycles. The number of halogens is 1. The van der Waals surface area contributed by atoms with Crippen molar-refractivity contribution < 1.29 is 14.3 Å². The molecule has 0 saturated carbocycles. The van der Waals surface area contributed by atoms with Crippen LogP contribution in [0.3, 0.4) is 0 Å². The van der Waals surface area contributed by atoms with Gasteiger partial charge in [-0.05, 0) is 40.2 Å². The number of hydrogen-bond acceptors (Lipinski definition) is 5. The summed E-state index contributed by atoms with van der Waals surface area (Å²) in [6, 6.07) is 0. The van der Waals surface area contributed by atoms with Crippen molar-refractivity contribution in [1.29, 1.82) is 0 Å². The summed E-state index contributed by atoms with van der Waals surface area (Å²) >= 11 is 6.23. The van der Waals surface area contributed by atoms with Crippen LogP contribution in [-0.4, -0.2) is 40.1 Å². The molecular formula is C16H23ClN4O3. The lowest BCUT2D eigenvalue weighted by molar-refractivity contribution is 0.0613. The highest BCUT2D eigenvalue weighted by Gasteiger charge is 2.22. The molecule has 7 nitrogen and oxygen atoms in total. The molecule has 0 unspecified atom stereocenters. The Hall–Kier alpha value is -1.86. The molecule has 0 spiro atoms. The highest BCUT2D eigenvalue weighted by Crippen LogP contribution is 2.27. The van der Waals surface area contributed by atoms with E-state index < -0.39 is 11.7 Å². The van der Waals surface area contributed by atoms with Crippen LogP contribution in [-0.2, 0) is 15.9 Å². The normalized spacial score (nSPS) is 11.8. The van der Waals surface area contributed by atoms with E-state index >= 15 is 0 Å². The van der Waals surface area contributed by atoms with Gasteiger partial charge in [0.1, 0.15) is 16.9 Å². The number of fused-ring (bicyclic) bond motifs is 1. The topological polar surface area (TPSA) is 78.3 Å². The largest absolute Gasteiger partial charge is 0.443 e. The van der Waals surface area contributed by atoms with Crippen molar-refractivity contribution in [2.45, 2.75) is 46.6 Å². The third-order valence-electron chi connectivity index (χ3n) is 3.44. The second-order valence-corrected chi connectivity index (χ2v) is 6.89. The van der Waals surface area contributed by atoms with Crippen LogP contribution in [0.15, 0.2) is 0 Å². The number of nitrogens with one attached hydrogen (secondary N) is 1. The number of hydrogen-bond donors (Lipinski definition) is 1. The van der Waals surface area contributed by atoms with Crippen molar-refractivity contribution in [1.82, 2.24) is 14.6 Å². The quantitative estimate of drug-likeness (QED) is 0.851. The summed E-state index contributed by atoms with van der Waals surface area (Å²) < 4.78 is 12.1. The molecule has 2 aromatic heterocycles. The maximum absolute atomic E-state index is 12.2. The molecule has 0 fully saturated rings. The van der Waals surface area contributed by atoms with Crippen LogP contribution in [0.2, 0.25) is 5.15 Å². The van der Waals surface area contributed by atoms with E-state index in [1.807, 2.05) is 13.8 Å². The maximum Gasteiger partial charge on any atom is 0.427 e. The van der Waals surface area contributed by atoms with Crippen LogP contribution in [0, 0.1) is 13.8 Å². The molecule has 2 aromatic rings. The van der Waals surface area contributed by atoms with Crippen LogP contribution >= 0.6 is 11.6 Å². The van der Waals surface area contributed by atoms with Crippen LogP contribution in [0.25, 0.3) is 11.0 Å². The van der Waals surface area contributed by atoms with Crippen molar-refractivity contribution in [2.24, 2.45) is 0 Å². The Morgan fingerprint density at radius 3 is 2.54 bits per heavy atom. The number of imidazole rings is 1. The molecule has 2 rings (SSSR count). The molecule has 0 bridgehead atoms. The van der Waals surface area contributed by atoms with Crippen LogP contribution < -0.4 is 5.43 Å². The third kappa shape index (κ3) is 3.96. The molecule has 0 radical (unpaired) electrons. The zero-order chi connectivity index (χ0) is 18.1. The number of carbonyl (C=O) groups is 1. The Bertz CT molecular complexity index is 765. The summed E-state index contributed by atoms with van der Waals surface area (Å²) in [6.45, 7) is 9.65. The van der Waals surface area contributed by atoms with Gasteiger partial charge in [0.2, 0.25) is 0 Å². The van der Waals surface area contributed by atoms with E-state index in [1.165, 1.54) is 0 Å². The van der Waals surface area contributed by atoms with Gasteiger partial charge in [0.05, 0.1) is 12.1 Å². The van der Waals surface area contributed by atoms with Gasteiger partial charge in [0, 0.05) is 19.2 Å². The Balaban J connectivity index is 2.53. The van der Waals surface area contributed by atoms with Crippen molar-refractivity contribution in [3.05, 3.63) is 22.2 Å². The van der Waals surface area contributed by atoms with Crippen LogP contribution in [0.4, 0.5) is 4.79 Å². The van der Waals surface area contributed by atoms with Gasteiger partial charge in [0.25, 0.3) is 0 Å². The maximum atomic E-state index is 12.2. The number of aryl methyl sites for hydroxylation is 2. The minimum Gasteiger partial charge on any atom is -0.443 e. The van der Waals surface area contributed by atoms with Crippen LogP contribution in [0.1, 0.15) is 37.9 Å². The van der Waals surface area contributed by atoms with Gasteiger partial charge in [-0.25, -0.2) is 24.9 Å². The molecule has 1 amide bonds. The summed E-state index contributed by atoms with van der Waals surface area (Å²) in [7, 11) is 1.61. The van der Waals surface area contributed by atoms with E-state index in [4.69, 9.17) is 21.1 Å². The Morgan fingerprint density at radius 1 is 1.29 bits per heavy atom. The predicted molar refractivity (Wildman–Crippen MR) is 93.2 cm³/mol. The van der Waals surface area contributed by atoms with Crippen molar-refractivity contribution in [3.63, 3.8) is 0 Å². The molecule has 2 heterocycles. The first-order valence-electron chi connectivity index (χ1n) is 7.67. The molecule has 0 aliphatic heterocycles. The first-order chi connectivity index (χ1) is 11.1. The molecule has 0 aliphatic rings. The average Bonchev–Trinajstić information content (AvgIpc) is 2.80. The van der Waals surface area contributed by atoms with E-state index in [-0.39, 0.29) is 0 Å². The van der Waals surface area contributed by atoms with E-state index in [0.717, 1.165) is 11.3 Å². The van der Waals surface area contributed by atoms with E-state index in [2.05, 4.69) is 15.4 Å². The average molecular weight is 355 g/mol. The Morgan fingerprint density at radius 2 is 1.96 bits per heavy atom. The number of methoxy groups -OCH3 is 1. The third-order valence-corrected chi connectivity index (χ3v) is 3.70. The van der Waals surface area contributed by atoms with Gasteiger partial charge in [-0.1, -0.05) is 11.6 Å². The fourth-order valence-electron chi connectivity index (χ4n) is 2.29. The van der Waals surface area contributed by atoms with Crippen LogP contribution in [0.5, 0.6) is 0 Å². The lowest BCUT2D eigenvalue weighted by Gasteiger charge is -2.21. The summed E-state index contributed by atoms with van der Waals surface area (Å²) in [5, 5.41) is 0.302. The molecule has 0 atom stereocenters. The molecule has 24 heavy (non-hydrogen) atoms. The SMILES string of the molecule is COCCc1nc2c(Cl)nc(C)c(C)c2n1NC(=O)OC(C)(C)C. The van der Waals surface area contributed by atoms with Crippen molar-refractivity contribution in [2.75, 3.05) is 19.1 Å². The van der Waals surface area contributed by atoms with E-state index in [0.29, 0.717) is 35.0 Å². The first kappa shape index (κ1) is 18.5. The van der Waals surface area contributed by atoms with E-state index in [1.54, 1.807) is 32.6 Å². The fraction of sp³-hybridized carbons (Fsp3) is 0.562. The van der Waals surface area contributed by atoms with Crippen molar-refractivity contribution >= 4 is 28.7 Å². The Labute approximate surface area is 146 Å². The van der Waals surface area contributed by atoms with E-state index in [9.17, 15) is 4.79 Å². The summed E-state index contributed by atoms with van der Waals surface area (Å²) in [5.74, 6) is 0.620. The number of aromatic nitrogens is 3. The molecule has 0 saturated heterocycles. The summed E-state index contributed by atoms with van der Waals surface area (Å²) in [4.78, 5) is 21.0. The van der Waals surface area contributed by atoms with Gasteiger partial charge >= 0.3 is 6.09 Å². The second-order valence-electron chi connectivity index (χ2n) is 6.53. The molecule has 8 heteroatoms. The van der Waals surface area contributed by atoms with Gasteiger partial charge in [-0.2, -0.15) is 0 Å². The minimum atomic E-state index is -0.600. The number of rotatable bonds is 4. The summed E-state index contributed by atoms with van der Waals surface area (Å²) in [6.07, 6.45) is -0.0547. The lowest BCUT2D eigenvalue weighted by atomic mass is 10.2. The minimum absolute atomic E-state index is 0.302. The number of ether oxygens (including phenoxy) is 2. The van der Waals surface area contributed by atoms with Gasteiger partial charge in [0.15, 0.2) is 5.15 Å². The lowest BCUT2D eigenvalue weighted by Crippen LogP contribution is -2.32. The molecule has 1 N–H and O–H groups in total. The Kier molecular flexibility index (Phi) is 5.35. The van der Waals surface area contributed by atoms with Crippen molar-refractivity contribution in [3.8, 4) is 0 Å². The zero-order valence-corrected chi connectivity index (χ0v) is 15.6. The predicted octanol–water partition coefficient (Wildman–Crippen LogP) is 3.37. The first-order valence-corrected chi connectivity index (χ1v) is 8.05. The summed E-state index contributed by atoms with van der Waals surface area (Å²) in [5.41, 5.74) is 5.07. The number of nitrogens with zero attached hydrogens (tertiary/aromatic N) is 3.